The fourth-order valence-electron chi connectivity index (χ4n) is 2.72. The van der Waals surface area contributed by atoms with Crippen molar-refractivity contribution < 1.29 is 13.2 Å². The Morgan fingerprint density at radius 2 is 1.45 bits per heavy atom. The van der Waals surface area contributed by atoms with Crippen molar-refractivity contribution in [2.45, 2.75) is 25.7 Å². The molecule has 3 aromatic carbocycles. The molecular formula is C22H21ClN2O3S. The Morgan fingerprint density at radius 1 is 0.828 bits per heavy atom. The van der Waals surface area contributed by atoms with E-state index in [-0.39, 0.29) is 10.8 Å². The van der Waals surface area contributed by atoms with Crippen molar-refractivity contribution in [3.8, 4) is 0 Å². The van der Waals surface area contributed by atoms with Crippen LogP contribution in [0.4, 0.5) is 11.4 Å². The van der Waals surface area contributed by atoms with Gasteiger partial charge in [0.25, 0.3) is 15.9 Å². The van der Waals surface area contributed by atoms with E-state index < -0.39 is 10.0 Å². The van der Waals surface area contributed by atoms with Gasteiger partial charge in [0.05, 0.1) is 10.6 Å². The number of aryl methyl sites for hydroxylation is 3. The van der Waals surface area contributed by atoms with E-state index in [1.807, 2.05) is 19.9 Å². The van der Waals surface area contributed by atoms with Gasteiger partial charge in [0.1, 0.15) is 0 Å². The summed E-state index contributed by atoms with van der Waals surface area (Å²) >= 11 is 6.00. The third-order valence-electron chi connectivity index (χ3n) is 4.52. The highest BCUT2D eigenvalue weighted by atomic mass is 35.5. The average Bonchev–Trinajstić information content (AvgIpc) is 2.66. The lowest BCUT2D eigenvalue weighted by molar-refractivity contribution is 0.102. The molecule has 0 saturated carbocycles. The molecule has 0 aliphatic carbocycles. The first-order chi connectivity index (χ1) is 13.7. The van der Waals surface area contributed by atoms with Crippen LogP contribution >= 0.6 is 11.6 Å². The summed E-state index contributed by atoms with van der Waals surface area (Å²) in [5, 5.41) is 3.33. The Hall–Kier alpha value is -2.83. The zero-order valence-electron chi connectivity index (χ0n) is 16.3. The molecule has 0 fully saturated rings. The van der Waals surface area contributed by atoms with Crippen LogP contribution in [-0.2, 0) is 10.0 Å². The second-order valence-electron chi connectivity index (χ2n) is 6.86. The van der Waals surface area contributed by atoms with Gasteiger partial charge in [-0.3, -0.25) is 9.52 Å². The lowest BCUT2D eigenvalue weighted by Crippen LogP contribution is -2.16. The summed E-state index contributed by atoms with van der Waals surface area (Å²) in [6.45, 7) is 5.52. The van der Waals surface area contributed by atoms with E-state index in [2.05, 4.69) is 10.0 Å². The number of carbonyl (C=O) groups excluding carboxylic acids is 1. The quantitative estimate of drug-likeness (QED) is 0.577. The summed E-state index contributed by atoms with van der Waals surface area (Å²) in [5.41, 5.74) is 3.82. The second kappa shape index (κ2) is 8.27. The van der Waals surface area contributed by atoms with Gasteiger partial charge in [-0.15, -0.1) is 0 Å². The molecule has 0 radical (unpaired) electrons. The molecule has 2 N–H and O–H groups in total. The summed E-state index contributed by atoms with van der Waals surface area (Å²) in [6, 6.07) is 16.7. The Morgan fingerprint density at radius 3 is 2.14 bits per heavy atom. The fourth-order valence-corrected chi connectivity index (χ4v) is 4.01. The zero-order valence-corrected chi connectivity index (χ0v) is 17.9. The van der Waals surface area contributed by atoms with Gasteiger partial charge >= 0.3 is 0 Å². The van der Waals surface area contributed by atoms with E-state index in [1.54, 1.807) is 55.5 Å². The van der Waals surface area contributed by atoms with Crippen LogP contribution in [0.25, 0.3) is 0 Å². The molecule has 0 aliphatic rings. The number of amides is 1. The van der Waals surface area contributed by atoms with Crippen molar-refractivity contribution in [3.63, 3.8) is 0 Å². The van der Waals surface area contributed by atoms with Crippen LogP contribution in [0.5, 0.6) is 0 Å². The molecule has 3 rings (SSSR count). The summed E-state index contributed by atoms with van der Waals surface area (Å²) in [5.74, 6) is -0.355. The van der Waals surface area contributed by atoms with E-state index in [0.29, 0.717) is 27.5 Å². The number of hydrogen-bond donors (Lipinski definition) is 2. The van der Waals surface area contributed by atoms with E-state index in [1.165, 1.54) is 6.07 Å². The van der Waals surface area contributed by atoms with Gasteiger partial charge in [0, 0.05) is 16.3 Å². The molecule has 0 aliphatic heterocycles. The topological polar surface area (TPSA) is 75.3 Å². The van der Waals surface area contributed by atoms with Crippen molar-refractivity contribution in [2.75, 3.05) is 10.0 Å². The Bertz CT molecular complexity index is 1170. The van der Waals surface area contributed by atoms with Gasteiger partial charge in [-0.25, -0.2) is 8.42 Å². The summed E-state index contributed by atoms with van der Waals surface area (Å²) in [6.07, 6.45) is 0. The van der Waals surface area contributed by atoms with E-state index in [0.717, 1.165) is 11.1 Å². The molecule has 0 heterocycles. The van der Waals surface area contributed by atoms with Crippen LogP contribution in [0, 0.1) is 20.8 Å². The SMILES string of the molecule is Cc1ccc(S(=O)(=O)Nc2cc(C(=O)Nc3cc(Cl)ccc3C)ccc2C)cc1. The van der Waals surface area contributed by atoms with Crippen LogP contribution in [0.1, 0.15) is 27.0 Å². The molecule has 0 spiro atoms. The maximum atomic E-state index is 12.7. The number of anilines is 2. The molecule has 150 valence electrons. The van der Waals surface area contributed by atoms with Gasteiger partial charge in [-0.2, -0.15) is 0 Å². The van der Waals surface area contributed by atoms with Crippen LogP contribution in [-0.4, -0.2) is 14.3 Å². The summed E-state index contributed by atoms with van der Waals surface area (Å²) < 4.78 is 28.0. The lowest BCUT2D eigenvalue weighted by atomic mass is 10.1. The van der Waals surface area contributed by atoms with Crippen LogP contribution in [0.2, 0.25) is 5.02 Å². The van der Waals surface area contributed by atoms with E-state index >= 15 is 0 Å². The first-order valence-corrected chi connectivity index (χ1v) is 10.8. The highest BCUT2D eigenvalue weighted by molar-refractivity contribution is 7.92. The smallest absolute Gasteiger partial charge is 0.261 e. The number of nitrogens with one attached hydrogen (secondary N) is 2. The minimum absolute atomic E-state index is 0.159. The maximum absolute atomic E-state index is 12.7. The van der Waals surface area contributed by atoms with Gasteiger partial charge in [-0.05, 0) is 68.3 Å². The van der Waals surface area contributed by atoms with Gasteiger partial charge in [-0.1, -0.05) is 41.4 Å². The average molecular weight is 429 g/mol. The van der Waals surface area contributed by atoms with Crippen LogP contribution in [0.3, 0.4) is 0 Å². The monoisotopic (exact) mass is 428 g/mol. The molecule has 5 nitrogen and oxygen atoms in total. The number of rotatable bonds is 5. The molecule has 0 aromatic heterocycles. The minimum Gasteiger partial charge on any atom is -0.322 e. The summed E-state index contributed by atoms with van der Waals surface area (Å²) in [4.78, 5) is 12.8. The van der Waals surface area contributed by atoms with Crippen molar-refractivity contribution in [1.29, 1.82) is 0 Å². The standard InChI is InChI=1S/C22H21ClN2O3S/c1-14-4-10-19(11-5-14)29(27,28)25-21-12-17(8-6-16(21)3)22(26)24-20-13-18(23)9-7-15(20)2/h4-13,25H,1-3H3,(H,24,26). The highest BCUT2D eigenvalue weighted by Gasteiger charge is 2.17. The van der Waals surface area contributed by atoms with Gasteiger partial charge in [0.2, 0.25) is 0 Å². The van der Waals surface area contributed by atoms with Crippen LogP contribution in [0.15, 0.2) is 65.6 Å². The Kier molecular flexibility index (Phi) is 5.96. The van der Waals surface area contributed by atoms with Gasteiger partial charge < -0.3 is 5.32 Å². The number of halogens is 1. The fraction of sp³-hybridized carbons (Fsp3) is 0.136. The zero-order chi connectivity index (χ0) is 21.2. The minimum atomic E-state index is -3.77. The molecule has 0 unspecified atom stereocenters. The largest absolute Gasteiger partial charge is 0.322 e. The Labute approximate surface area is 175 Å². The number of hydrogen-bond acceptors (Lipinski definition) is 3. The van der Waals surface area contributed by atoms with Gasteiger partial charge in [0.15, 0.2) is 0 Å². The molecule has 1 amide bonds. The molecule has 0 saturated heterocycles. The van der Waals surface area contributed by atoms with E-state index in [4.69, 9.17) is 11.6 Å². The molecule has 29 heavy (non-hydrogen) atoms. The highest BCUT2D eigenvalue weighted by Crippen LogP contribution is 2.24. The molecule has 0 bridgehead atoms. The van der Waals surface area contributed by atoms with Crippen LogP contribution < -0.4 is 10.0 Å². The molecular weight excluding hydrogens is 408 g/mol. The number of sulfonamides is 1. The Balaban J connectivity index is 1.87. The maximum Gasteiger partial charge on any atom is 0.261 e. The summed E-state index contributed by atoms with van der Waals surface area (Å²) in [7, 11) is -3.77. The molecule has 3 aromatic rings. The molecule has 7 heteroatoms. The molecule has 0 atom stereocenters. The van der Waals surface area contributed by atoms with Crippen molar-refractivity contribution in [2.24, 2.45) is 0 Å². The third-order valence-corrected chi connectivity index (χ3v) is 6.14. The predicted octanol–water partition coefficient (Wildman–Crippen LogP) is 5.32. The van der Waals surface area contributed by atoms with E-state index in [9.17, 15) is 13.2 Å². The second-order valence-corrected chi connectivity index (χ2v) is 8.98. The predicted molar refractivity (Wildman–Crippen MR) is 117 cm³/mol. The third kappa shape index (κ3) is 4.96. The van der Waals surface area contributed by atoms with Crippen molar-refractivity contribution in [3.05, 3.63) is 87.9 Å². The normalized spacial score (nSPS) is 11.2. The number of benzene rings is 3. The van der Waals surface area contributed by atoms with Crippen molar-refractivity contribution >= 4 is 38.9 Å². The first kappa shape index (κ1) is 20.9. The lowest BCUT2D eigenvalue weighted by Gasteiger charge is -2.13. The number of carbonyl (C=O) groups is 1. The van der Waals surface area contributed by atoms with Crippen molar-refractivity contribution in [1.82, 2.24) is 0 Å². The first-order valence-electron chi connectivity index (χ1n) is 8.93.